The Morgan fingerprint density at radius 1 is 1.19 bits per heavy atom. The first-order valence-electron chi connectivity index (χ1n) is 7.20. The van der Waals surface area contributed by atoms with Crippen LogP contribution in [0.3, 0.4) is 0 Å². The molecule has 5 nitrogen and oxygen atoms in total. The summed E-state index contributed by atoms with van der Waals surface area (Å²) in [5.74, 6) is -1.11. The zero-order valence-electron chi connectivity index (χ0n) is 12.5. The Hall–Kier alpha value is -1.56. The van der Waals surface area contributed by atoms with E-state index < -0.39 is 21.7 Å². The third-order valence-electron chi connectivity index (χ3n) is 3.23. The first-order chi connectivity index (χ1) is 9.90. The van der Waals surface area contributed by atoms with Gasteiger partial charge in [0.2, 0.25) is 0 Å². The van der Waals surface area contributed by atoms with Crippen molar-refractivity contribution >= 4 is 21.5 Å². The number of carbonyl (C=O) groups is 1. The van der Waals surface area contributed by atoms with Gasteiger partial charge in [-0.15, -0.1) is 0 Å². The molecule has 0 amide bonds. The summed E-state index contributed by atoms with van der Waals surface area (Å²) in [6.07, 6.45) is 2.01. The number of nitrogens with one attached hydrogen (secondary N) is 1. The summed E-state index contributed by atoms with van der Waals surface area (Å²) >= 11 is 0. The van der Waals surface area contributed by atoms with Crippen LogP contribution in [0.15, 0.2) is 29.2 Å². The van der Waals surface area contributed by atoms with Gasteiger partial charge in [0.25, 0.3) is 0 Å². The van der Waals surface area contributed by atoms with Gasteiger partial charge in [0, 0.05) is 12.2 Å². The van der Waals surface area contributed by atoms with Gasteiger partial charge in [-0.2, -0.15) is 0 Å². The van der Waals surface area contributed by atoms with Gasteiger partial charge in [-0.05, 0) is 37.1 Å². The Morgan fingerprint density at radius 3 is 2.29 bits per heavy atom. The minimum absolute atomic E-state index is 0.136. The van der Waals surface area contributed by atoms with Crippen molar-refractivity contribution in [3.8, 4) is 0 Å². The van der Waals surface area contributed by atoms with E-state index in [0.717, 1.165) is 12.1 Å². The lowest BCUT2D eigenvalue weighted by Crippen LogP contribution is -2.22. The molecule has 1 atom stereocenters. The molecule has 1 unspecified atom stereocenters. The van der Waals surface area contributed by atoms with Crippen molar-refractivity contribution in [1.29, 1.82) is 0 Å². The number of anilines is 1. The number of hydrogen-bond donors (Lipinski definition) is 2. The van der Waals surface area contributed by atoms with E-state index in [-0.39, 0.29) is 5.75 Å². The average molecular weight is 313 g/mol. The second-order valence-corrected chi connectivity index (χ2v) is 7.16. The van der Waals surface area contributed by atoms with Gasteiger partial charge in [-0.3, -0.25) is 4.79 Å². The fourth-order valence-electron chi connectivity index (χ4n) is 2.07. The number of carboxylic acid groups (broad SMARTS) is 1. The molecule has 1 aromatic carbocycles. The number of aliphatic carboxylic acids is 1. The molecule has 0 saturated carbocycles. The largest absolute Gasteiger partial charge is 0.481 e. The van der Waals surface area contributed by atoms with Gasteiger partial charge >= 0.3 is 5.97 Å². The highest BCUT2D eigenvalue weighted by Gasteiger charge is 2.16. The van der Waals surface area contributed by atoms with Crippen molar-refractivity contribution in [2.24, 2.45) is 5.92 Å². The highest BCUT2D eigenvalue weighted by Crippen LogP contribution is 2.17. The Balaban J connectivity index is 2.69. The molecule has 118 valence electrons. The van der Waals surface area contributed by atoms with Gasteiger partial charge in [0.1, 0.15) is 0 Å². The summed E-state index contributed by atoms with van der Waals surface area (Å²) in [4.78, 5) is 11.4. The quantitative estimate of drug-likeness (QED) is 0.732. The standard InChI is InChI=1S/C15H23NO4S/c1-3-5-12(15(17)18)11-16-13-6-8-14(9-7-13)21(19,20)10-4-2/h6-9,12,16H,3-5,10-11H2,1-2H3,(H,17,18). The van der Waals surface area contributed by atoms with Crippen molar-refractivity contribution in [2.45, 2.75) is 38.0 Å². The Labute approximate surface area is 126 Å². The summed E-state index contributed by atoms with van der Waals surface area (Å²) in [5, 5.41) is 12.1. The topological polar surface area (TPSA) is 83.5 Å². The van der Waals surface area contributed by atoms with E-state index in [1.54, 1.807) is 24.3 Å². The molecule has 0 spiro atoms. The predicted octanol–water partition coefficient (Wildman–Crippen LogP) is 2.78. The van der Waals surface area contributed by atoms with Crippen molar-refractivity contribution in [2.75, 3.05) is 17.6 Å². The molecule has 6 heteroatoms. The van der Waals surface area contributed by atoms with E-state index in [1.807, 2.05) is 13.8 Å². The maximum absolute atomic E-state index is 11.9. The molecule has 0 heterocycles. The molecular formula is C15H23NO4S. The Bertz CT molecular complexity index is 552. The van der Waals surface area contributed by atoms with Crippen molar-refractivity contribution in [3.63, 3.8) is 0 Å². The Kier molecular flexibility index (Phi) is 6.68. The fourth-order valence-corrected chi connectivity index (χ4v) is 3.39. The lowest BCUT2D eigenvalue weighted by atomic mass is 10.0. The number of hydrogen-bond acceptors (Lipinski definition) is 4. The average Bonchev–Trinajstić information content (AvgIpc) is 2.43. The van der Waals surface area contributed by atoms with Crippen molar-refractivity contribution in [3.05, 3.63) is 24.3 Å². The summed E-state index contributed by atoms with van der Waals surface area (Å²) < 4.78 is 23.8. The van der Waals surface area contributed by atoms with Crippen LogP contribution in [0.25, 0.3) is 0 Å². The first kappa shape index (κ1) is 17.5. The summed E-state index contributed by atoms with van der Waals surface area (Å²) in [7, 11) is -3.20. The molecule has 0 bridgehead atoms. The lowest BCUT2D eigenvalue weighted by Gasteiger charge is -2.13. The van der Waals surface area contributed by atoms with E-state index in [4.69, 9.17) is 5.11 Å². The highest BCUT2D eigenvalue weighted by molar-refractivity contribution is 7.91. The smallest absolute Gasteiger partial charge is 0.308 e. The van der Waals surface area contributed by atoms with Crippen molar-refractivity contribution in [1.82, 2.24) is 0 Å². The van der Waals surface area contributed by atoms with Gasteiger partial charge in [0.05, 0.1) is 16.6 Å². The minimum Gasteiger partial charge on any atom is -0.481 e. The zero-order valence-corrected chi connectivity index (χ0v) is 13.3. The molecule has 0 aliphatic heterocycles. The molecule has 0 aliphatic rings. The van der Waals surface area contributed by atoms with Crippen LogP contribution in [0.1, 0.15) is 33.1 Å². The molecule has 1 rings (SSSR count). The van der Waals surface area contributed by atoms with Crippen LogP contribution < -0.4 is 5.32 Å². The number of sulfone groups is 1. The van der Waals surface area contributed by atoms with Crippen molar-refractivity contribution < 1.29 is 18.3 Å². The summed E-state index contributed by atoms with van der Waals surface area (Å²) in [6.45, 7) is 4.11. The van der Waals surface area contributed by atoms with Crippen LogP contribution in [0.2, 0.25) is 0 Å². The van der Waals surface area contributed by atoms with Crippen LogP contribution in [0.4, 0.5) is 5.69 Å². The second-order valence-electron chi connectivity index (χ2n) is 5.05. The monoisotopic (exact) mass is 313 g/mol. The molecular weight excluding hydrogens is 290 g/mol. The minimum atomic E-state index is -3.20. The van der Waals surface area contributed by atoms with Gasteiger partial charge in [-0.25, -0.2) is 8.42 Å². The van der Waals surface area contributed by atoms with Gasteiger partial charge in [-0.1, -0.05) is 20.3 Å². The number of benzene rings is 1. The van der Waals surface area contributed by atoms with E-state index in [0.29, 0.717) is 24.3 Å². The molecule has 1 aromatic rings. The maximum Gasteiger partial charge on any atom is 0.308 e. The van der Waals surface area contributed by atoms with Gasteiger partial charge < -0.3 is 10.4 Å². The molecule has 21 heavy (non-hydrogen) atoms. The fraction of sp³-hybridized carbons (Fsp3) is 0.533. The predicted molar refractivity (Wildman–Crippen MR) is 83.3 cm³/mol. The third kappa shape index (κ3) is 5.38. The SMILES string of the molecule is CCCC(CNc1ccc(S(=O)(=O)CCC)cc1)C(=O)O. The molecule has 0 saturated heterocycles. The zero-order chi connectivity index (χ0) is 15.9. The van der Waals surface area contributed by atoms with Gasteiger partial charge in [0.15, 0.2) is 9.84 Å². The summed E-state index contributed by atoms with van der Waals surface area (Å²) in [6, 6.07) is 6.46. The van der Waals surface area contributed by atoms with E-state index in [9.17, 15) is 13.2 Å². The van der Waals surface area contributed by atoms with Crippen LogP contribution in [0.5, 0.6) is 0 Å². The number of rotatable bonds is 9. The lowest BCUT2D eigenvalue weighted by molar-refractivity contribution is -0.141. The summed E-state index contributed by atoms with van der Waals surface area (Å²) in [5.41, 5.74) is 0.729. The molecule has 0 fully saturated rings. The van der Waals surface area contributed by atoms with E-state index in [2.05, 4.69) is 5.32 Å². The normalized spacial score (nSPS) is 12.9. The molecule has 2 N–H and O–H groups in total. The van der Waals surface area contributed by atoms with Crippen LogP contribution in [-0.4, -0.2) is 31.8 Å². The maximum atomic E-state index is 11.9. The first-order valence-corrected chi connectivity index (χ1v) is 8.85. The Morgan fingerprint density at radius 2 is 1.81 bits per heavy atom. The molecule has 0 radical (unpaired) electrons. The number of carboxylic acids is 1. The molecule has 0 aliphatic carbocycles. The van der Waals surface area contributed by atoms with Crippen LogP contribution >= 0.6 is 0 Å². The second kappa shape index (κ2) is 8.02. The molecule has 0 aromatic heterocycles. The highest BCUT2D eigenvalue weighted by atomic mass is 32.2. The van der Waals surface area contributed by atoms with Crippen LogP contribution in [0, 0.1) is 5.92 Å². The third-order valence-corrected chi connectivity index (χ3v) is 5.16. The van der Waals surface area contributed by atoms with E-state index >= 15 is 0 Å². The van der Waals surface area contributed by atoms with E-state index in [1.165, 1.54) is 0 Å². The van der Waals surface area contributed by atoms with Crippen LogP contribution in [-0.2, 0) is 14.6 Å².